The van der Waals surface area contributed by atoms with Crippen molar-refractivity contribution in [2.75, 3.05) is 12.4 Å². The lowest BCUT2D eigenvalue weighted by Crippen LogP contribution is -2.14. The highest BCUT2D eigenvalue weighted by Gasteiger charge is 2.15. The second-order valence-corrected chi connectivity index (χ2v) is 6.57. The van der Waals surface area contributed by atoms with Gasteiger partial charge in [0, 0.05) is 15.7 Å². The maximum atomic E-state index is 12.4. The van der Waals surface area contributed by atoms with Crippen molar-refractivity contribution in [3.05, 3.63) is 55.5 Å². The van der Waals surface area contributed by atoms with Gasteiger partial charge < -0.3 is 10.1 Å². The molecule has 0 unspecified atom stereocenters. The number of hydrogen-bond donors (Lipinski definition) is 1. The van der Waals surface area contributed by atoms with Crippen LogP contribution in [0, 0.1) is 13.8 Å². The fraction of sp³-hybridized carbons (Fsp3) is 0.188. The average molecular weight is 403 g/mol. The Balaban J connectivity index is 2.34. The molecule has 116 valence electrons. The number of carbonyl (C=O) groups excluding carboxylic acids is 1. The van der Waals surface area contributed by atoms with E-state index in [-0.39, 0.29) is 5.91 Å². The molecule has 2 aromatic carbocycles. The summed E-state index contributed by atoms with van der Waals surface area (Å²) < 4.78 is 6.05. The first kappa shape index (κ1) is 17.1. The summed E-state index contributed by atoms with van der Waals surface area (Å²) in [6, 6.07) is 6.95. The molecule has 0 atom stereocenters. The molecule has 0 radical (unpaired) electrons. The first-order chi connectivity index (χ1) is 10.3. The second kappa shape index (κ2) is 6.90. The Morgan fingerprint density at radius 1 is 1.09 bits per heavy atom. The van der Waals surface area contributed by atoms with Gasteiger partial charge in [0.2, 0.25) is 0 Å². The third-order valence-corrected chi connectivity index (χ3v) is 4.22. The zero-order valence-electron chi connectivity index (χ0n) is 12.3. The predicted octanol–water partition coefficient (Wildman–Crippen LogP) is 5.63. The third kappa shape index (κ3) is 3.57. The average Bonchev–Trinajstić information content (AvgIpc) is 2.42. The largest absolute Gasteiger partial charge is 0.494 e. The number of benzene rings is 2. The van der Waals surface area contributed by atoms with Gasteiger partial charge in [-0.3, -0.25) is 4.79 Å². The quantitative estimate of drug-likeness (QED) is 0.721. The van der Waals surface area contributed by atoms with E-state index in [9.17, 15) is 4.79 Å². The van der Waals surface area contributed by atoms with Crippen LogP contribution >= 0.6 is 39.1 Å². The van der Waals surface area contributed by atoms with E-state index in [0.717, 1.165) is 21.3 Å². The molecule has 0 aliphatic carbocycles. The van der Waals surface area contributed by atoms with Crippen LogP contribution in [-0.2, 0) is 0 Å². The van der Waals surface area contributed by atoms with Crippen LogP contribution in [0.4, 0.5) is 5.69 Å². The molecule has 6 heteroatoms. The summed E-state index contributed by atoms with van der Waals surface area (Å²) in [5.41, 5.74) is 3.07. The van der Waals surface area contributed by atoms with E-state index in [1.165, 1.54) is 19.2 Å². The van der Waals surface area contributed by atoms with Gasteiger partial charge in [0.15, 0.2) is 5.75 Å². The van der Waals surface area contributed by atoms with Gasteiger partial charge in [-0.1, -0.05) is 39.1 Å². The maximum absolute atomic E-state index is 12.4. The van der Waals surface area contributed by atoms with Crippen molar-refractivity contribution in [1.29, 1.82) is 0 Å². The number of methoxy groups -OCH3 is 1. The highest BCUT2D eigenvalue weighted by molar-refractivity contribution is 9.10. The predicted molar refractivity (Wildman–Crippen MR) is 94.6 cm³/mol. The number of carbonyl (C=O) groups is 1. The number of nitrogens with one attached hydrogen (secondary N) is 1. The summed E-state index contributed by atoms with van der Waals surface area (Å²) in [6.45, 7) is 3.86. The lowest BCUT2D eigenvalue weighted by molar-refractivity contribution is 0.102. The van der Waals surface area contributed by atoms with Crippen molar-refractivity contribution in [3.8, 4) is 5.75 Å². The number of ether oxygens (including phenoxy) is 1. The molecular weight excluding hydrogens is 389 g/mol. The Morgan fingerprint density at radius 3 is 2.05 bits per heavy atom. The van der Waals surface area contributed by atoms with Crippen LogP contribution in [0.15, 0.2) is 28.7 Å². The van der Waals surface area contributed by atoms with Gasteiger partial charge in [0.05, 0.1) is 17.2 Å². The van der Waals surface area contributed by atoms with Gasteiger partial charge in [-0.25, -0.2) is 0 Å². The van der Waals surface area contributed by atoms with Gasteiger partial charge >= 0.3 is 0 Å². The lowest BCUT2D eigenvalue weighted by atomic mass is 10.1. The van der Waals surface area contributed by atoms with E-state index in [0.29, 0.717) is 21.4 Å². The zero-order chi connectivity index (χ0) is 16.4. The standard InChI is InChI=1S/C16H14BrCl2NO2/c1-8-4-11(17)5-9(2)14(8)20-16(21)10-6-12(18)15(22-3)13(19)7-10/h4-7H,1-3H3,(H,20,21). The van der Waals surface area contributed by atoms with E-state index in [1.54, 1.807) is 0 Å². The minimum absolute atomic E-state index is 0.278. The maximum Gasteiger partial charge on any atom is 0.255 e. The summed E-state index contributed by atoms with van der Waals surface area (Å²) in [5.74, 6) is 0.0795. The number of anilines is 1. The number of aryl methyl sites for hydroxylation is 2. The molecule has 2 aromatic rings. The van der Waals surface area contributed by atoms with Crippen LogP contribution in [0.5, 0.6) is 5.75 Å². The van der Waals surface area contributed by atoms with Crippen LogP contribution in [0.1, 0.15) is 21.5 Å². The molecule has 2 rings (SSSR count). The molecule has 0 aliphatic rings. The van der Waals surface area contributed by atoms with Crippen molar-refractivity contribution < 1.29 is 9.53 Å². The molecule has 0 aromatic heterocycles. The molecular formula is C16H14BrCl2NO2. The van der Waals surface area contributed by atoms with Crippen molar-refractivity contribution in [2.24, 2.45) is 0 Å². The van der Waals surface area contributed by atoms with Crippen molar-refractivity contribution >= 4 is 50.7 Å². The van der Waals surface area contributed by atoms with Crippen molar-refractivity contribution in [1.82, 2.24) is 0 Å². The summed E-state index contributed by atoms with van der Waals surface area (Å²) in [4.78, 5) is 12.4. The molecule has 0 aliphatic heterocycles. The highest BCUT2D eigenvalue weighted by atomic mass is 79.9. The zero-order valence-corrected chi connectivity index (χ0v) is 15.4. The molecule has 0 bridgehead atoms. The second-order valence-electron chi connectivity index (χ2n) is 4.84. The molecule has 0 spiro atoms. The summed E-state index contributed by atoms with van der Waals surface area (Å²) in [6.07, 6.45) is 0. The first-order valence-electron chi connectivity index (χ1n) is 6.44. The van der Waals surface area contributed by atoms with Crippen molar-refractivity contribution in [2.45, 2.75) is 13.8 Å². The van der Waals surface area contributed by atoms with Crippen LogP contribution in [0.2, 0.25) is 10.0 Å². The Bertz CT molecular complexity index is 701. The Hall–Kier alpha value is -1.23. The van der Waals surface area contributed by atoms with E-state index >= 15 is 0 Å². The number of hydrogen-bond acceptors (Lipinski definition) is 2. The summed E-state index contributed by atoms with van der Waals surface area (Å²) >= 11 is 15.6. The molecule has 1 N–H and O–H groups in total. The van der Waals surface area contributed by atoms with Crippen molar-refractivity contribution in [3.63, 3.8) is 0 Å². The molecule has 1 amide bonds. The molecule has 0 saturated heterocycles. The van der Waals surface area contributed by atoms with Gasteiger partial charge in [-0.05, 0) is 49.2 Å². The van der Waals surface area contributed by atoms with E-state index in [1.807, 2.05) is 26.0 Å². The fourth-order valence-corrected chi connectivity index (χ4v) is 3.51. The van der Waals surface area contributed by atoms with Crippen LogP contribution in [0.3, 0.4) is 0 Å². The minimum atomic E-state index is -0.278. The van der Waals surface area contributed by atoms with Gasteiger partial charge in [-0.15, -0.1) is 0 Å². The monoisotopic (exact) mass is 401 g/mol. The first-order valence-corrected chi connectivity index (χ1v) is 7.99. The topological polar surface area (TPSA) is 38.3 Å². The van der Waals surface area contributed by atoms with E-state index < -0.39 is 0 Å². The van der Waals surface area contributed by atoms with E-state index in [4.69, 9.17) is 27.9 Å². The number of rotatable bonds is 3. The molecule has 0 fully saturated rings. The Morgan fingerprint density at radius 2 is 1.59 bits per heavy atom. The van der Waals surface area contributed by atoms with Gasteiger partial charge in [0.25, 0.3) is 5.91 Å². The van der Waals surface area contributed by atoms with E-state index in [2.05, 4.69) is 21.2 Å². The van der Waals surface area contributed by atoms with Crippen LogP contribution < -0.4 is 10.1 Å². The Labute approximate surface area is 147 Å². The van der Waals surface area contributed by atoms with Gasteiger partial charge in [0.1, 0.15) is 0 Å². The Kier molecular flexibility index (Phi) is 5.37. The minimum Gasteiger partial charge on any atom is -0.494 e. The molecule has 3 nitrogen and oxygen atoms in total. The summed E-state index contributed by atoms with van der Waals surface area (Å²) in [7, 11) is 1.47. The molecule has 22 heavy (non-hydrogen) atoms. The summed E-state index contributed by atoms with van der Waals surface area (Å²) in [5, 5.41) is 3.49. The SMILES string of the molecule is COc1c(Cl)cc(C(=O)Nc2c(C)cc(Br)cc2C)cc1Cl. The van der Waals surface area contributed by atoms with Crippen LogP contribution in [-0.4, -0.2) is 13.0 Å². The highest BCUT2D eigenvalue weighted by Crippen LogP contribution is 2.34. The molecule has 0 heterocycles. The van der Waals surface area contributed by atoms with Gasteiger partial charge in [-0.2, -0.15) is 0 Å². The fourth-order valence-electron chi connectivity index (χ4n) is 2.18. The van der Waals surface area contributed by atoms with Crippen LogP contribution in [0.25, 0.3) is 0 Å². The smallest absolute Gasteiger partial charge is 0.255 e. The third-order valence-electron chi connectivity index (χ3n) is 3.20. The normalized spacial score (nSPS) is 10.5. The molecule has 0 saturated carbocycles. The number of amides is 1. The lowest BCUT2D eigenvalue weighted by Gasteiger charge is -2.13. The number of halogens is 3.